The first-order valence-electron chi connectivity index (χ1n) is 4.77. The van der Waals surface area contributed by atoms with Crippen molar-refractivity contribution in [1.29, 1.82) is 0 Å². The maximum absolute atomic E-state index is 8.86. The minimum absolute atomic E-state index is 0.224. The lowest BCUT2D eigenvalue weighted by Crippen LogP contribution is -2.00. The summed E-state index contributed by atoms with van der Waals surface area (Å²) in [7, 11) is 0.224. The topological polar surface area (TPSA) is 32.6 Å². The van der Waals surface area contributed by atoms with Gasteiger partial charge in [-0.25, -0.2) is 0 Å². The molecular weight excluding hydrogens is 194 g/mol. The molecule has 0 aromatic rings. The third-order valence-electron chi connectivity index (χ3n) is 2.90. The molecule has 1 N–H and O–H groups in total. The van der Waals surface area contributed by atoms with Crippen LogP contribution in [0.5, 0.6) is 0 Å². The highest BCUT2D eigenvalue weighted by atomic mass is 32.2. The molecule has 1 atom stereocenters. The van der Waals surface area contributed by atoms with Crippen LogP contribution in [-0.4, -0.2) is 15.8 Å². The lowest BCUT2D eigenvalue weighted by molar-refractivity contribution is 0.318. The van der Waals surface area contributed by atoms with Crippen LogP contribution in [0.3, 0.4) is 0 Å². The molecule has 3 aliphatic rings. The molecule has 3 heteroatoms. The predicted molar refractivity (Wildman–Crippen MR) is 61.0 cm³/mol. The van der Waals surface area contributed by atoms with Gasteiger partial charge >= 0.3 is 0 Å². The molecule has 0 saturated carbocycles. The highest BCUT2D eigenvalue weighted by molar-refractivity contribution is 8.22. The van der Waals surface area contributed by atoms with Crippen molar-refractivity contribution in [3.05, 3.63) is 34.1 Å². The fraction of sp³-hybridized carbons (Fsp3) is 0.273. The molecule has 0 aromatic heterocycles. The molecule has 0 aromatic carbocycles. The summed E-state index contributed by atoms with van der Waals surface area (Å²) in [6, 6.07) is 0. The Balaban J connectivity index is 2.09. The highest BCUT2D eigenvalue weighted by Gasteiger charge is 2.29. The average Bonchev–Trinajstić information content (AvgIpc) is 2.75. The summed E-state index contributed by atoms with van der Waals surface area (Å²) in [5.74, 6) is 0. The first-order valence-corrected chi connectivity index (χ1v) is 6.06. The van der Waals surface area contributed by atoms with Crippen LogP contribution in [0.4, 0.5) is 0 Å². The van der Waals surface area contributed by atoms with Gasteiger partial charge in [0.25, 0.3) is 0 Å². The minimum Gasteiger partial charge on any atom is -0.411 e. The normalized spacial score (nSPS) is 31.6. The van der Waals surface area contributed by atoms with E-state index >= 15 is 0 Å². The van der Waals surface area contributed by atoms with Gasteiger partial charge in [0.1, 0.15) is 0 Å². The highest BCUT2D eigenvalue weighted by Crippen LogP contribution is 2.48. The van der Waals surface area contributed by atoms with Crippen LogP contribution < -0.4 is 0 Å². The fourth-order valence-electron chi connectivity index (χ4n) is 2.25. The fourth-order valence-corrected chi connectivity index (χ4v) is 4.45. The van der Waals surface area contributed by atoms with E-state index < -0.39 is 0 Å². The summed E-state index contributed by atoms with van der Waals surface area (Å²) in [6.45, 7) is 0. The monoisotopic (exact) mass is 205 g/mol. The molecule has 0 fully saturated rings. The summed E-state index contributed by atoms with van der Waals surface area (Å²) >= 11 is 0. The molecule has 0 saturated heterocycles. The number of hydrogen-bond donors (Lipinski definition) is 1. The van der Waals surface area contributed by atoms with E-state index in [9.17, 15) is 0 Å². The van der Waals surface area contributed by atoms with E-state index in [-0.39, 0.29) is 10.5 Å². The van der Waals surface area contributed by atoms with E-state index in [1.807, 2.05) is 0 Å². The smallest absolute Gasteiger partial charge is 0.0842 e. The molecule has 1 aliphatic carbocycles. The quantitative estimate of drug-likeness (QED) is 0.368. The van der Waals surface area contributed by atoms with E-state index in [0.717, 1.165) is 25.0 Å². The van der Waals surface area contributed by atoms with Crippen LogP contribution in [0.1, 0.15) is 19.3 Å². The van der Waals surface area contributed by atoms with Gasteiger partial charge in [-0.1, -0.05) is 23.4 Å². The molecule has 72 valence electrons. The Kier molecular flexibility index (Phi) is 1.74. The summed E-state index contributed by atoms with van der Waals surface area (Å²) in [6.07, 6.45) is 9.43. The second-order valence-corrected chi connectivity index (χ2v) is 5.58. The number of rotatable bonds is 0. The van der Waals surface area contributed by atoms with Crippen molar-refractivity contribution in [1.82, 2.24) is 0 Å². The van der Waals surface area contributed by atoms with E-state index in [1.54, 1.807) is 0 Å². The summed E-state index contributed by atoms with van der Waals surface area (Å²) in [5.41, 5.74) is 2.22. The number of fused-ring (bicyclic) bond motifs is 1. The third-order valence-corrected chi connectivity index (χ3v) is 5.16. The third kappa shape index (κ3) is 0.989. The summed E-state index contributed by atoms with van der Waals surface area (Å²) in [5, 5.41) is 14.5. The van der Waals surface area contributed by atoms with Gasteiger partial charge in [-0.05, 0) is 33.6 Å². The summed E-state index contributed by atoms with van der Waals surface area (Å²) in [4.78, 5) is 2.99. The van der Waals surface area contributed by atoms with Crippen LogP contribution in [-0.2, 0) is 0 Å². The maximum atomic E-state index is 8.86. The Hall–Kier alpha value is -1.09. The predicted octanol–water partition coefficient (Wildman–Crippen LogP) is 2.79. The molecule has 2 heterocycles. The molecule has 1 unspecified atom stereocenters. The van der Waals surface area contributed by atoms with Gasteiger partial charge in [-0.15, -0.1) is 10.5 Å². The zero-order valence-corrected chi connectivity index (χ0v) is 8.55. The molecular formula is C11H11NOS. The molecule has 2 aliphatic heterocycles. The molecule has 14 heavy (non-hydrogen) atoms. The van der Waals surface area contributed by atoms with Crippen molar-refractivity contribution in [2.45, 2.75) is 19.3 Å². The second kappa shape index (κ2) is 2.95. The molecule has 0 amide bonds. The number of hydrogen-bond acceptors (Lipinski definition) is 2. The first-order chi connectivity index (χ1) is 6.90. The second-order valence-electron chi connectivity index (χ2n) is 3.62. The number of oxime groups is 1. The van der Waals surface area contributed by atoms with Crippen LogP contribution in [0.15, 0.2) is 39.3 Å². The van der Waals surface area contributed by atoms with Crippen molar-refractivity contribution in [3.63, 3.8) is 0 Å². The summed E-state index contributed by atoms with van der Waals surface area (Å²) < 4.78 is 0. The lowest BCUT2D eigenvalue weighted by atomic mass is 10.1. The molecule has 0 radical (unpaired) electrons. The van der Waals surface area contributed by atoms with Crippen molar-refractivity contribution in [3.8, 4) is 0 Å². The Morgan fingerprint density at radius 1 is 1.29 bits per heavy atom. The van der Waals surface area contributed by atoms with Gasteiger partial charge in [-0.2, -0.15) is 0 Å². The number of nitrogens with zero attached hydrogens (tertiary/aromatic N) is 1. The zero-order valence-electron chi connectivity index (χ0n) is 7.73. The standard InChI is InChI=1S/C11H11NOS/c13-12-10-4-5-11-9(10)7-8-3-1-2-6-14(8)11/h1-3,6,13H,4-5,7H2/b12-10-. The van der Waals surface area contributed by atoms with Crippen LogP contribution in [0.2, 0.25) is 0 Å². The van der Waals surface area contributed by atoms with Crippen LogP contribution in [0, 0.1) is 0 Å². The number of allylic oxidation sites excluding steroid dienone is 5. The van der Waals surface area contributed by atoms with Crippen molar-refractivity contribution in [2.24, 2.45) is 5.16 Å². The maximum Gasteiger partial charge on any atom is 0.0842 e. The average molecular weight is 205 g/mol. The molecule has 2 nitrogen and oxygen atoms in total. The van der Waals surface area contributed by atoms with Gasteiger partial charge < -0.3 is 5.21 Å². The molecule has 0 bridgehead atoms. The first kappa shape index (κ1) is 8.24. The Morgan fingerprint density at radius 2 is 2.21 bits per heavy atom. The molecule has 3 rings (SSSR count). The lowest BCUT2D eigenvalue weighted by Gasteiger charge is -2.07. The van der Waals surface area contributed by atoms with Gasteiger partial charge in [-0.3, -0.25) is 0 Å². The van der Waals surface area contributed by atoms with E-state index in [1.165, 1.54) is 15.3 Å². The van der Waals surface area contributed by atoms with Crippen molar-refractivity contribution >= 4 is 21.1 Å². The van der Waals surface area contributed by atoms with Gasteiger partial charge in [0.2, 0.25) is 0 Å². The Morgan fingerprint density at radius 3 is 3.07 bits per heavy atom. The minimum atomic E-state index is 0.224. The Labute approximate surface area is 85.2 Å². The largest absolute Gasteiger partial charge is 0.411 e. The van der Waals surface area contributed by atoms with E-state index in [2.05, 4.69) is 28.8 Å². The van der Waals surface area contributed by atoms with Gasteiger partial charge in [0.05, 0.1) is 5.71 Å². The Bertz CT molecular complexity index is 452. The van der Waals surface area contributed by atoms with Gasteiger partial charge in [0, 0.05) is 6.42 Å². The van der Waals surface area contributed by atoms with Crippen molar-refractivity contribution < 1.29 is 5.21 Å². The van der Waals surface area contributed by atoms with Crippen molar-refractivity contribution in [2.75, 3.05) is 0 Å². The van der Waals surface area contributed by atoms with E-state index in [0.29, 0.717) is 0 Å². The molecule has 0 spiro atoms. The van der Waals surface area contributed by atoms with Gasteiger partial charge in [0.15, 0.2) is 0 Å². The van der Waals surface area contributed by atoms with Crippen LogP contribution >= 0.6 is 10.5 Å². The van der Waals surface area contributed by atoms with Crippen LogP contribution in [0.25, 0.3) is 0 Å². The SMILES string of the molecule is O/N=C1/CCC2=C1CC1=S2C=CC=C1. The van der Waals surface area contributed by atoms with E-state index in [4.69, 9.17) is 5.21 Å². The zero-order chi connectivity index (χ0) is 9.54.